The Morgan fingerprint density at radius 2 is 1.89 bits per heavy atom. The van der Waals surface area contributed by atoms with E-state index in [1.807, 2.05) is 36.9 Å². The van der Waals surface area contributed by atoms with E-state index in [1.165, 1.54) is 0 Å². The summed E-state index contributed by atoms with van der Waals surface area (Å²) in [5.41, 5.74) is 3.26. The van der Waals surface area contributed by atoms with Crippen molar-refractivity contribution in [2.45, 2.75) is 13.5 Å². The molecule has 5 nitrogen and oxygen atoms in total. The predicted molar refractivity (Wildman–Crippen MR) is 74.8 cm³/mol. The fraction of sp³-hybridized carbons (Fsp3) is 0.357. The van der Waals surface area contributed by atoms with Crippen LogP contribution >= 0.6 is 0 Å². The molecule has 0 saturated carbocycles. The third-order valence-electron chi connectivity index (χ3n) is 3.11. The molecule has 0 bridgehead atoms. The second kappa shape index (κ2) is 5.65. The van der Waals surface area contributed by atoms with Gasteiger partial charge in [0.15, 0.2) is 11.5 Å². The molecule has 0 aliphatic rings. The van der Waals surface area contributed by atoms with Gasteiger partial charge in [-0.05, 0) is 24.6 Å². The van der Waals surface area contributed by atoms with Gasteiger partial charge in [0.05, 0.1) is 26.5 Å². The van der Waals surface area contributed by atoms with Crippen LogP contribution in [0.1, 0.15) is 11.3 Å². The van der Waals surface area contributed by atoms with Crippen LogP contribution in [0.3, 0.4) is 0 Å². The van der Waals surface area contributed by atoms with E-state index in [1.54, 1.807) is 20.4 Å². The maximum Gasteiger partial charge on any atom is 0.162 e. The Labute approximate surface area is 113 Å². The van der Waals surface area contributed by atoms with Crippen molar-refractivity contribution >= 4 is 5.69 Å². The zero-order valence-electron chi connectivity index (χ0n) is 11.7. The SMILES string of the molecule is COc1cc(C)c(NCc2ccnn2C)cc1OC. The van der Waals surface area contributed by atoms with Crippen LogP contribution in [0.5, 0.6) is 11.5 Å². The normalized spacial score (nSPS) is 10.3. The van der Waals surface area contributed by atoms with E-state index in [0.29, 0.717) is 6.54 Å². The quantitative estimate of drug-likeness (QED) is 0.897. The van der Waals surface area contributed by atoms with Crippen LogP contribution in [0, 0.1) is 6.92 Å². The van der Waals surface area contributed by atoms with Crippen LogP contribution in [0.15, 0.2) is 24.4 Å². The van der Waals surface area contributed by atoms with E-state index in [-0.39, 0.29) is 0 Å². The van der Waals surface area contributed by atoms with E-state index >= 15 is 0 Å². The van der Waals surface area contributed by atoms with Crippen molar-refractivity contribution in [3.8, 4) is 11.5 Å². The molecule has 1 aromatic heterocycles. The Bertz CT molecular complexity index is 564. The highest BCUT2D eigenvalue weighted by molar-refractivity contribution is 5.60. The molecule has 0 aliphatic heterocycles. The summed E-state index contributed by atoms with van der Waals surface area (Å²) < 4.78 is 12.4. The molecule has 0 atom stereocenters. The van der Waals surface area contributed by atoms with Gasteiger partial charge in [0, 0.05) is 25.0 Å². The molecule has 0 radical (unpaired) electrons. The van der Waals surface area contributed by atoms with E-state index in [2.05, 4.69) is 10.4 Å². The molecule has 2 aromatic rings. The number of rotatable bonds is 5. The number of aryl methyl sites for hydroxylation is 2. The Hall–Kier alpha value is -2.17. The number of nitrogens with zero attached hydrogens (tertiary/aromatic N) is 2. The molecule has 2 rings (SSSR count). The van der Waals surface area contributed by atoms with Crippen LogP contribution in [0.2, 0.25) is 0 Å². The van der Waals surface area contributed by atoms with Gasteiger partial charge in [-0.25, -0.2) is 0 Å². The van der Waals surface area contributed by atoms with Crippen molar-refractivity contribution in [1.29, 1.82) is 0 Å². The Balaban J connectivity index is 2.18. The number of hydrogen-bond acceptors (Lipinski definition) is 4. The summed E-state index contributed by atoms with van der Waals surface area (Å²) in [5, 5.41) is 7.53. The Morgan fingerprint density at radius 1 is 1.21 bits per heavy atom. The molecule has 102 valence electrons. The van der Waals surface area contributed by atoms with Crippen molar-refractivity contribution in [1.82, 2.24) is 9.78 Å². The zero-order valence-corrected chi connectivity index (χ0v) is 11.7. The van der Waals surface area contributed by atoms with Crippen LogP contribution in [0.4, 0.5) is 5.69 Å². The summed E-state index contributed by atoms with van der Waals surface area (Å²) in [7, 11) is 5.20. The first-order valence-corrected chi connectivity index (χ1v) is 6.09. The van der Waals surface area contributed by atoms with Gasteiger partial charge in [-0.1, -0.05) is 0 Å². The lowest BCUT2D eigenvalue weighted by Crippen LogP contribution is -2.06. The molecular weight excluding hydrogens is 242 g/mol. The second-order valence-electron chi connectivity index (χ2n) is 4.32. The maximum atomic E-state index is 5.31. The smallest absolute Gasteiger partial charge is 0.162 e. The van der Waals surface area contributed by atoms with Crippen LogP contribution in [-0.4, -0.2) is 24.0 Å². The van der Waals surface area contributed by atoms with Crippen LogP contribution in [-0.2, 0) is 13.6 Å². The fourth-order valence-corrected chi connectivity index (χ4v) is 1.93. The summed E-state index contributed by atoms with van der Waals surface area (Å²) in [6, 6.07) is 5.90. The highest BCUT2D eigenvalue weighted by Crippen LogP contribution is 2.32. The van der Waals surface area contributed by atoms with E-state index in [0.717, 1.165) is 28.4 Å². The van der Waals surface area contributed by atoms with Gasteiger partial charge in [-0.15, -0.1) is 0 Å². The largest absolute Gasteiger partial charge is 0.493 e. The van der Waals surface area contributed by atoms with Gasteiger partial charge in [0.2, 0.25) is 0 Å². The summed E-state index contributed by atoms with van der Waals surface area (Å²) in [6.45, 7) is 2.75. The van der Waals surface area contributed by atoms with Gasteiger partial charge in [-0.3, -0.25) is 4.68 Å². The molecule has 0 unspecified atom stereocenters. The number of benzene rings is 1. The Kier molecular flexibility index (Phi) is 3.94. The highest BCUT2D eigenvalue weighted by Gasteiger charge is 2.08. The number of methoxy groups -OCH3 is 2. The number of aromatic nitrogens is 2. The number of nitrogens with one attached hydrogen (secondary N) is 1. The molecule has 19 heavy (non-hydrogen) atoms. The third-order valence-corrected chi connectivity index (χ3v) is 3.11. The minimum Gasteiger partial charge on any atom is -0.493 e. The molecule has 1 aromatic carbocycles. The third kappa shape index (κ3) is 2.81. The van der Waals surface area contributed by atoms with Crippen molar-refractivity contribution < 1.29 is 9.47 Å². The van der Waals surface area contributed by atoms with Crippen molar-refractivity contribution in [3.05, 3.63) is 35.7 Å². The molecule has 0 aliphatic carbocycles. The molecule has 0 fully saturated rings. The molecule has 1 heterocycles. The lowest BCUT2D eigenvalue weighted by molar-refractivity contribution is 0.355. The van der Waals surface area contributed by atoms with Crippen molar-refractivity contribution in [3.63, 3.8) is 0 Å². The maximum absolute atomic E-state index is 5.31. The summed E-state index contributed by atoms with van der Waals surface area (Å²) >= 11 is 0. The summed E-state index contributed by atoms with van der Waals surface area (Å²) in [4.78, 5) is 0. The first-order chi connectivity index (χ1) is 9.15. The van der Waals surface area contributed by atoms with Crippen LogP contribution in [0.25, 0.3) is 0 Å². The molecule has 0 amide bonds. The lowest BCUT2D eigenvalue weighted by Gasteiger charge is -2.14. The van der Waals surface area contributed by atoms with Gasteiger partial charge < -0.3 is 14.8 Å². The van der Waals surface area contributed by atoms with Crippen LogP contribution < -0.4 is 14.8 Å². The van der Waals surface area contributed by atoms with Gasteiger partial charge in [0.25, 0.3) is 0 Å². The monoisotopic (exact) mass is 261 g/mol. The minimum absolute atomic E-state index is 0.715. The summed E-state index contributed by atoms with van der Waals surface area (Å²) in [5.74, 6) is 1.46. The fourth-order valence-electron chi connectivity index (χ4n) is 1.93. The van der Waals surface area contributed by atoms with Gasteiger partial charge in [0.1, 0.15) is 0 Å². The zero-order chi connectivity index (χ0) is 13.8. The lowest BCUT2D eigenvalue weighted by atomic mass is 10.1. The molecule has 5 heteroatoms. The topological polar surface area (TPSA) is 48.3 Å². The number of anilines is 1. The van der Waals surface area contributed by atoms with Crippen molar-refractivity contribution in [2.24, 2.45) is 7.05 Å². The Morgan fingerprint density at radius 3 is 2.47 bits per heavy atom. The summed E-state index contributed by atoms with van der Waals surface area (Å²) in [6.07, 6.45) is 1.79. The minimum atomic E-state index is 0.715. The van der Waals surface area contributed by atoms with E-state index < -0.39 is 0 Å². The van der Waals surface area contributed by atoms with Crippen molar-refractivity contribution in [2.75, 3.05) is 19.5 Å². The van der Waals surface area contributed by atoms with Gasteiger partial charge >= 0.3 is 0 Å². The second-order valence-corrected chi connectivity index (χ2v) is 4.32. The molecule has 0 saturated heterocycles. The number of hydrogen-bond donors (Lipinski definition) is 1. The van der Waals surface area contributed by atoms with Gasteiger partial charge in [-0.2, -0.15) is 5.10 Å². The average Bonchev–Trinajstić information content (AvgIpc) is 2.82. The van der Waals surface area contributed by atoms with E-state index in [4.69, 9.17) is 9.47 Å². The van der Waals surface area contributed by atoms with E-state index in [9.17, 15) is 0 Å². The predicted octanol–water partition coefficient (Wildman–Crippen LogP) is 2.36. The highest BCUT2D eigenvalue weighted by atomic mass is 16.5. The molecule has 0 spiro atoms. The average molecular weight is 261 g/mol. The molecular formula is C14H19N3O2. The first kappa shape index (κ1) is 13.3. The molecule has 1 N–H and O–H groups in total. The standard InChI is InChI=1S/C14H19N3O2/c1-10-7-13(18-3)14(19-4)8-12(10)15-9-11-5-6-16-17(11)2/h5-8,15H,9H2,1-4H3. The number of ether oxygens (including phenoxy) is 2. The first-order valence-electron chi connectivity index (χ1n) is 6.09.